The highest BCUT2D eigenvalue weighted by molar-refractivity contribution is 8.67. The van der Waals surface area contributed by atoms with Gasteiger partial charge in [-0.3, -0.25) is 14.3 Å². The van der Waals surface area contributed by atoms with Gasteiger partial charge in [0.05, 0.1) is 6.61 Å². The lowest BCUT2D eigenvalue weighted by atomic mass is 10.1. The van der Waals surface area contributed by atoms with Crippen LogP contribution in [-0.4, -0.2) is 61.1 Å². The van der Waals surface area contributed by atoms with Crippen LogP contribution in [0.2, 0.25) is 0 Å². The van der Waals surface area contributed by atoms with Gasteiger partial charge in [-0.2, -0.15) is 12.6 Å². The topological polar surface area (TPSA) is 134 Å². The van der Waals surface area contributed by atoms with Gasteiger partial charge in [-0.05, 0) is 17.6 Å². The summed E-state index contributed by atoms with van der Waals surface area (Å²) in [5.74, 6) is 1.02. The van der Waals surface area contributed by atoms with Crippen molar-refractivity contribution in [2.45, 2.75) is 24.5 Å². The normalized spacial score (nSPS) is 29.5. The molecule has 0 spiro atoms. The number of aromatic nitrogens is 2. The Balaban J connectivity index is 2.06. The maximum Gasteiger partial charge on any atom is 0.330 e. The third-order valence-electron chi connectivity index (χ3n) is 3.21. The van der Waals surface area contributed by atoms with Gasteiger partial charge in [-0.15, -0.1) is 0 Å². The van der Waals surface area contributed by atoms with E-state index in [0.717, 1.165) is 28.2 Å². The van der Waals surface area contributed by atoms with Crippen molar-refractivity contribution in [1.29, 1.82) is 0 Å². The Hall–Kier alpha value is -0.170. The van der Waals surface area contributed by atoms with Crippen molar-refractivity contribution in [3.8, 4) is 0 Å². The largest absolute Gasteiger partial charge is 0.387 e. The number of thiol groups is 1. The summed E-state index contributed by atoms with van der Waals surface area (Å²) in [6.07, 6.45) is -3.79. The van der Waals surface area contributed by atoms with E-state index in [1.165, 1.54) is 0 Å². The number of ether oxygens (including phenoxy) is 1. The average molecular weight is 416 g/mol. The van der Waals surface area contributed by atoms with Crippen molar-refractivity contribution < 1.29 is 24.4 Å². The van der Waals surface area contributed by atoms with Gasteiger partial charge in [0, 0.05) is 18.0 Å². The van der Waals surface area contributed by atoms with Gasteiger partial charge in [-0.25, -0.2) is 4.79 Å². The summed E-state index contributed by atoms with van der Waals surface area (Å²) in [6.45, 7) is -0.250. The molecular weight excluding hydrogens is 399 g/mol. The SMILES string of the molecule is O=c1ccn([C@@H]2O[C@H](COP(O)(=S)SCCS)[C@@H](O)[C@H]2O)c(=O)[nH]1. The number of H-pyrrole nitrogens is 1. The molecule has 1 aliphatic heterocycles. The molecule has 1 aromatic rings. The smallest absolute Gasteiger partial charge is 0.330 e. The Morgan fingerprint density at radius 2 is 2.17 bits per heavy atom. The Bertz CT molecular complexity index is 726. The molecule has 5 atom stereocenters. The minimum Gasteiger partial charge on any atom is -0.387 e. The first kappa shape index (κ1) is 20.1. The molecule has 0 aliphatic carbocycles. The molecule has 136 valence electrons. The number of aromatic amines is 1. The molecular formula is C11H17N2O7PS3. The van der Waals surface area contributed by atoms with Crippen LogP contribution in [0, 0.1) is 0 Å². The first-order chi connectivity index (χ1) is 11.2. The number of rotatable bonds is 7. The van der Waals surface area contributed by atoms with Gasteiger partial charge in [0.2, 0.25) is 5.69 Å². The van der Waals surface area contributed by atoms with Crippen molar-refractivity contribution in [2.24, 2.45) is 0 Å². The fraction of sp³-hybridized carbons (Fsp3) is 0.636. The second-order valence-corrected chi connectivity index (χ2v) is 11.6. The molecule has 4 N–H and O–H groups in total. The van der Waals surface area contributed by atoms with Crippen molar-refractivity contribution in [2.75, 3.05) is 18.1 Å². The lowest BCUT2D eigenvalue weighted by molar-refractivity contribution is -0.0511. The number of hydrogen-bond donors (Lipinski definition) is 5. The molecule has 1 saturated heterocycles. The molecule has 0 aromatic carbocycles. The second-order valence-electron chi connectivity index (χ2n) is 4.88. The third kappa shape index (κ3) is 4.93. The van der Waals surface area contributed by atoms with Crippen LogP contribution in [0.25, 0.3) is 0 Å². The Labute approximate surface area is 151 Å². The molecule has 0 amide bonds. The molecule has 2 heterocycles. The Kier molecular flexibility index (Phi) is 7.11. The molecule has 0 radical (unpaired) electrons. The second kappa shape index (κ2) is 8.47. The summed E-state index contributed by atoms with van der Waals surface area (Å²) in [6, 6.07) is 1.09. The van der Waals surface area contributed by atoms with E-state index in [4.69, 9.17) is 21.1 Å². The predicted molar refractivity (Wildman–Crippen MR) is 96.0 cm³/mol. The van der Waals surface area contributed by atoms with Gasteiger partial charge in [-0.1, -0.05) is 11.4 Å². The number of nitrogens with zero attached hydrogens (tertiary/aromatic N) is 1. The van der Waals surface area contributed by atoms with E-state index < -0.39 is 41.5 Å². The van der Waals surface area contributed by atoms with E-state index >= 15 is 0 Å². The van der Waals surface area contributed by atoms with Gasteiger partial charge >= 0.3 is 5.69 Å². The van der Waals surface area contributed by atoms with Crippen LogP contribution in [0.4, 0.5) is 0 Å². The van der Waals surface area contributed by atoms with Crippen LogP contribution in [0.1, 0.15) is 6.23 Å². The quantitative estimate of drug-likeness (QED) is 0.282. The maximum absolute atomic E-state index is 11.8. The lowest BCUT2D eigenvalue weighted by Crippen LogP contribution is -2.37. The molecule has 13 heteroatoms. The number of aliphatic hydroxyl groups is 2. The van der Waals surface area contributed by atoms with Crippen molar-refractivity contribution in [3.05, 3.63) is 33.1 Å². The predicted octanol–water partition coefficient (Wildman–Crippen LogP) is -0.948. The minimum absolute atomic E-state index is 0.250. The first-order valence-corrected chi connectivity index (χ1v) is 11.7. The highest BCUT2D eigenvalue weighted by Gasteiger charge is 2.44. The first-order valence-electron chi connectivity index (χ1n) is 6.81. The van der Waals surface area contributed by atoms with Gasteiger partial charge in [0.1, 0.15) is 18.3 Å². The van der Waals surface area contributed by atoms with Crippen LogP contribution in [0.5, 0.6) is 0 Å². The molecule has 0 bridgehead atoms. The zero-order chi connectivity index (χ0) is 17.9. The zero-order valence-electron chi connectivity index (χ0n) is 12.2. The Morgan fingerprint density at radius 3 is 2.79 bits per heavy atom. The van der Waals surface area contributed by atoms with Crippen LogP contribution < -0.4 is 11.2 Å². The highest BCUT2D eigenvalue weighted by atomic mass is 32.9. The fourth-order valence-electron chi connectivity index (χ4n) is 2.09. The monoisotopic (exact) mass is 416 g/mol. The van der Waals surface area contributed by atoms with Gasteiger partial charge in [0.25, 0.3) is 5.56 Å². The molecule has 1 aliphatic rings. The third-order valence-corrected chi connectivity index (χ3v) is 8.03. The summed E-state index contributed by atoms with van der Waals surface area (Å²) < 4.78 is 11.6. The summed E-state index contributed by atoms with van der Waals surface area (Å²) in [7, 11) is 0. The van der Waals surface area contributed by atoms with E-state index in [2.05, 4.69) is 12.6 Å². The van der Waals surface area contributed by atoms with Crippen molar-refractivity contribution >= 4 is 41.5 Å². The van der Waals surface area contributed by atoms with E-state index in [9.17, 15) is 24.7 Å². The summed E-state index contributed by atoms with van der Waals surface area (Å²) in [4.78, 5) is 34.8. The van der Waals surface area contributed by atoms with E-state index in [0.29, 0.717) is 11.5 Å². The lowest BCUT2D eigenvalue weighted by Gasteiger charge is -2.19. The van der Waals surface area contributed by atoms with Crippen molar-refractivity contribution in [3.63, 3.8) is 0 Å². The zero-order valence-corrected chi connectivity index (χ0v) is 15.6. The summed E-state index contributed by atoms with van der Waals surface area (Å²) >= 11 is 10.0. The molecule has 9 nitrogen and oxygen atoms in total. The standard InChI is InChI=1S/C11H17N2O7PS3/c14-7-1-2-13(11(17)12-7)10-9(16)8(15)6(20-10)5-19-21(18,23)24-4-3-22/h1-2,6,8-10,15-16,22H,3-5H2,(H,18,23)(H,12,14,17)/t6-,8-,9-,10-,21?/m1/s1. The van der Waals surface area contributed by atoms with Gasteiger partial charge in [0.15, 0.2) is 6.23 Å². The fourth-order valence-corrected chi connectivity index (χ4v) is 5.74. The number of hydrogen-bond acceptors (Lipinski definition) is 9. The van der Waals surface area contributed by atoms with Crippen molar-refractivity contribution in [1.82, 2.24) is 9.55 Å². The Morgan fingerprint density at radius 1 is 1.46 bits per heavy atom. The molecule has 1 aromatic heterocycles. The molecule has 1 fully saturated rings. The average Bonchev–Trinajstić information content (AvgIpc) is 2.79. The molecule has 2 rings (SSSR count). The summed E-state index contributed by atoms with van der Waals surface area (Å²) in [5, 5.41) is 20.1. The van der Waals surface area contributed by atoms with E-state index in [1.54, 1.807) is 0 Å². The van der Waals surface area contributed by atoms with E-state index in [1.807, 2.05) is 4.98 Å². The summed E-state index contributed by atoms with van der Waals surface area (Å²) in [5.41, 5.74) is -4.48. The van der Waals surface area contributed by atoms with Gasteiger partial charge < -0.3 is 24.4 Å². The van der Waals surface area contributed by atoms with Crippen LogP contribution in [0.3, 0.4) is 0 Å². The minimum atomic E-state index is -3.10. The number of aliphatic hydroxyl groups excluding tert-OH is 2. The highest BCUT2D eigenvalue weighted by Crippen LogP contribution is 2.56. The molecule has 24 heavy (non-hydrogen) atoms. The maximum atomic E-state index is 11.8. The van der Waals surface area contributed by atoms with E-state index in [-0.39, 0.29) is 6.61 Å². The number of nitrogens with one attached hydrogen (secondary N) is 1. The van der Waals surface area contributed by atoms with Crippen LogP contribution >= 0.6 is 29.7 Å². The molecule has 1 unspecified atom stereocenters. The van der Waals surface area contributed by atoms with Crippen LogP contribution in [0.15, 0.2) is 21.9 Å². The molecule has 0 saturated carbocycles. The van der Waals surface area contributed by atoms with Crippen LogP contribution in [-0.2, 0) is 21.1 Å².